The molecule has 52 heavy (non-hydrogen) atoms. The zero-order valence-corrected chi connectivity index (χ0v) is 29.8. The lowest BCUT2D eigenvalue weighted by molar-refractivity contribution is -0.128. The number of hydrogen-bond acceptors (Lipinski definition) is 10. The molecule has 4 aromatic rings. The lowest BCUT2D eigenvalue weighted by atomic mass is 9.93. The molecule has 2 aliphatic heterocycles. The van der Waals surface area contributed by atoms with E-state index in [1.807, 2.05) is 18.2 Å². The summed E-state index contributed by atoms with van der Waals surface area (Å²) in [6, 6.07) is 15.5. The van der Waals surface area contributed by atoms with Gasteiger partial charge in [-0.05, 0) is 70.2 Å². The van der Waals surface area contributed by atoms with Crippen molar-refractivity contribution in [2.45, 2.75) is 57.5 Å². The van der Waals surface area contributed by atoms with Crippen LogP contribution in [-0.2, 0) is 9.53 Å². The minimum absolute atomic E-state index is 0.105. The molecule has 272 valence electrons. The number of para-hydroxylation sites is 1. The van der Waals surface area contributed by atoms with Crippen LogP contribution in [0.3, 0.4) is 0 Å². The first kappa shape index (κ1) is 36.2. The smallest absolute Gasteiger partial charge is 0.409 e. The van der Waals surface area contributed by atoms with Gasteiger partial charge in [0.15, 0.2) is 5.65 Å². The van der Waals surface area contributed by atoms with E-state index in [1.54, 1.807) is 44.8 Å². The summed E-state index contributed by atoms with van der Waals surface area (Å²) in [7, 11) is 1.40. The molecule has 0 radical (unpaired) electrons. The molecule has 13 nitrogen and oxygen atoms in total. The van der Waals surface area contributed by atoms with Crippen LogP contribution in [0.5, 0.6) is 11.5 Å². The number of likely N-dealkylation sites (tertiary alicyclic amines) is 1. The Hall–Kier alpha value is -5.55. The number of carbonyl (C=O) groups excluding carboxylic acids is 2. The van der Waals surface area contributed by atoms with Crippen molar-refractivity contribution in [1.29, 1.82) is 5.26 Å². The van der Waals surface area contributed by atoms with Crippen LogP contribution in [-0.4, -0.2) is 98.4 Å². The van der Waals surface area contributed by atoms with Crippen molar-refractivity contribution < 1.29 is 23.5 Å². The van der Waals surface area contributed by atoms with E-state index in [4.69, 9.17) is 20.3 Å². The van der Waals surface area contributed by atoms with Crippen molar-refractivity contribution in [1.82, 2.24) is 34.4 Å². The largest absolute Gasteiger partial charge is 0.457 e. The van der Waals surface area contributed by atoms with Crippen molar-refractivity contribution in [3.63, 3.8) is 0 Å². The summed E-state index contributed by atoms with van der Waals surface area (Å²) in [5.74, 6) is 0.219. The number of aromatic nitrogens is 4. The molecule has 1 atom stereocenters. The minimum Gasteiger partial charge on any atom is -0.457 e. The fraction of sp³-hybridized carbons (Fsp3) is 0.421. The van der Waals surface area contributed by atoms with Crippen LogP contribution in [0.4, 0.5) is 15.0 Å². The first-order chi connectivity index (χ1) is 25.1. The molecule has 6 rings (SSSR count). The van der Waals surface area contributed by atoms with E-state index >= 15 is 4.39 Å². The number of amides is 2. The standard InChI is InChI=1S/C38H44FN9O4/c1-38(2,47-20-18-45(19-21-47)37(50)51-3)16-8-7-10-26(23-40)36(49)46-17-9-11-27(24-46)48-35-32(34(41)42-25-43-35)33(44-48)30-15-14-29(22-31(30)39)52-28-12-5-4-6-13-28/h4-6,10,12-15,22,25,27H,7-9,11,16-21,24H2,1-3H3,(H2,41,42,43)/b26-10+/t27-/m1/s1. The number of piperazine rings is 1. The monoisotopic (exact) mass is 709 g/mol. The average molecular weight is 710 g/mol. The van der Waals surface area contributed by atoms with Gasteiger partial charge in [0, 0.05) is 56.4 Å². The SMILES string of the molecule is COC(=O)N1CCN(C(C)(C)CCC/C=C(\C#N)C(=O)N2CCC[C@@H](n3nc(-c4ccc(Oc5ccccc5)cc4F)c4c(N)ncnc43)C2)CC1. The summed E-state index contributed by atoms with van der Waals surface area (Å²) in [4.78, 5) is 39.9. The number of nitrogen functional groups attached to an aromatic ring is 1. The number of benzene rings is 2. The normalized spacial score (nSPS) is 17.2. The Morgan fingerprint density at radius 3 is 2.54 bits per heavy atom. The molecule has 0 saturated carbocycles. The highest BCUT2D eigenvalue weighted by Crippen LogP contribution is 2.36. The third-order valence-electron chi connectivity index (χ3n) is 9.98. The molecular formula is C38H44FN9O4. The number of nitrogens with two attached hydrogens (primary N) is 1. The molecule has 2 fully saturated rings. The maximum Gasteiger partial charge on any atom is 0.409 e. The van der Waals surface area contributed by atoms with E-state index in [1.165, 1.54) is 19.5 Å². The van der Waals surface area contributed by atoms with E-state index in [0.29, 0.717) is 73.7 Å². The Labute approximate surface area is 302 Å². The van der Waals surface area contributed by atoms with E-state index < -0.39 is 5.82 Å². The third kappa shape index (κ3) is 7.84. The fourth-order valence-electron chi connectivity index (χ4n) is 7.07. The number of allylic oxidation sites excluding steroid dienone is 1. The van der Waals surface area contributed by atoms with Crippen molar-refractivity contribution in [2.24, 2.45) is 0 Å². The van der Waals surface area contributed by atoms with E-state index in [9.17, 15) is 14.9 Å². The molecule has 0 unspecified atom stereocenters. The maximum absolute atomic E-state index is 15.7. The third-order valence-corrected chi connectivity index (χ3v) is 9.98. The maximum atomic E-state index is 15.7. The van der Waals surface area contributed by atoms with Crippen LogP contribution < -0.4 is 10.5 Å². The number of fused-ring (bicyclic) bond motifs is 1. The number of nitrogens with zero attached hydrogens (tertiary/aromatic N) is 8. The van der Waals surface area contributed by atoms with Crippen molar-refractivity contribution in [3.05, 3.63) is 72.3 Å². The second-order valence-electron chi connectivity index (χ2n) is 13.7. The molecule has 2 saturated heterocycles. The Kier molecular flexibility index (Phi) is 11.0. The van der Waals surface area contributed by atoms with Gasteiger partial charge in [-0.25, -0.2) is 23.8 Å². The van der Waals surface area contributed by atoms with Crippen LogP contribution in [0, 0.1) is 17.1 Å². The van der Waals surface area contributed by atoms with Crippen molar-refractivity contribution >= 4 is 28.9 Å². The molecule has 2 N–H and O–H groups in total. The van der Waals surface area contributed by atoms with E-state index in [2.05, 4.69) is 34.8 Å². The second-order valence-corrected chi connectivity index (χ2v) is 13.7. The first-order valence-electron chi connectivity index (χ1n) is 17.6. The zero-order chi connectivity index (χ0) is 36.8. The van der Waals surface area contributed by atoms with Gasteiger partial charge in [-0.2, -0.15) is 10.4 Å². The van der Waals surface area contributed by atoms with Crippen LogP contribution in [0.15, 0.2) is 66.5 Å². The molecule has 2 aliphatic rings. The van der Waals surface area contributed by atoms with Gasteiger partial charge in [-0.15, -0.1) is 0 Å². The number of methoxy groups -OCH3 is 1. The fourth-order valence-corrected chi connectivity index (χ4v) is 7.07. The van der Waals surface area contributed by atoms with Gasteiger partial charge in [0.1, 0.15) is 46.8 Å². The average Bonchev–Trinajstić information content (AvgIpc) is 3.55. The van der Waals surface area contributed by atoms with Gasteiger partial charge >= 0.3 is 6.09 Å². The van der Waals surface area contributed by atoms with E-state index in [0.717, 1.165) is 25.9 Å². The summed E-state index contributed by atoms with van der Waals surface area (Å²) >= 11 is 0. The summed E-state index contributed by atoms with van der Waals surface area (Å²) in [6.07, 6.45) is 6.41. The number of halogens is 1. The number of rotatable bonds is 10. The molecule has 0 bridgehead atoms. The van der Waals surface area contributed by atoms with Gasteiger partial charge in [0.25, 0.3) is 5.91 Å². The van der Waals surface area contributed by atoms with Crippen LogP contribution >= 0.6 is 0 Å². The summed E-state index contributed by atoms with van der Waals surface area (Å²) in [5, 5.41) is 15.2. The minimum atomic E-state index is -0.544. The molecule has 4 heterocycles. The number of piperidine rings is 1. The Bertz CT molecular complexity index is 1980. The number of hydrogen-bond donors (Lipinski definition) is 1. The number of anilines is 1. The summed E-state index contributed by atoms with van der Waals surface area (Å²) in [6.45, 7) is 7.91. The molecule has 2 amide bonds. The topological polar surface area (TPSA) is 156 Å². The number of unbranched alkanes of at least 4 members (excludes halogenated alkanes) is 1. The molecule has 0 spiro atoms. The van der Waals surface area contributed by atoms with Crippen LogP contribution in [0.25, 0.3) is 22.3 Å². The zero-order valence-electron chi connectivity index (χ0n) is 29.8. The summed E-state index contributed by atoms with van der Waals surface area (Å²) < 4.78 is 28.0. The van der Waals surface area contributed by atoms with E-state index in [-0.39, 0.29) is 40.5 Å². The molecule has 2 aromatic carbocycles. The Morgan fingerprint density at radius 1 is 1.06 bits per heavy atom. The van der Waals surface area contributed by atoms with Gasteiger partial charge in [-0.1, -0.05) is 24.3 Å². The first-order valence-corrected chi connectivity index (χ1v) is 17.6. The number of carbonyl (C=O) groups is 2. The molecule has 0 aliphatic carbocycles. The summed E-state index contributed by atoms with van der Waals surface area (Å²) in [5.41, 5.74) is 7.29. The van der Waals surface area contributed by atoms with Gasteiger partial charge in [0.2, 0.25) is 0 Å². The predicted octanol–water partition coefficient (Wildman–Crippen LogP) is 5.95. The molecule has 2 aromatic heterocycles. The van der Waals surface area contributed by atoms with Gasteiger partial charge < -0.3 is 25.0 Å². The van der Waals surface area contributed by atoms with Crippen molar-refractivity contribution in [3.8, 4) is 28.8 Å². The highest BCUT2D eigenvalue weighted by atomic mass is 19.1. The number of nitriles is 1. The van der Waals surface area contributed by atoms with Crippen LogP contribution in [0.1, 0.15) is 52.0 Å². The van der Waals surface area contributed by atoms with Gasteiger partial charge in [0.05, 0.1) is 18.5 Å². The lowest BCUT2D eigenvalue weighted by Crippen LogP contribution is -2.55. The Balaban J connectivity index is 1.13. The molecule has 14 heteroatoms. The Morgan fingerprint density at radius 2 is 1.83 bits per heavy atom. The quantitative estimate of drug-likeness (QED) is 0.119. The highest BCUT2D eigenvalue weighted by Gasteiger charge is 2.32. The van der Waals surface area contributed by atoms with Crippen molar-refractivity contribution in [2.75, 3.05) is 52.1 Å². The van der Waals surface area contributed by atoms with Gasteiger partial charge in [-0.3, -0.25) is 9.69 Å². The predicted molar refractivity (Wildman–Crippen MR) is 194 cm³/mol. The van der Waals surface area contributed by atoms with Crippen LogP contribution in [0.2, 0.25) is 0 Å². The molecular weight excluding hydrogens is 665 g/mol. The number of ether oxygens (including phenoxy) is 2. The second kappa shape index (κ2) is 15.8. The lowest BCUT2D eigenvalue weighted by Gasteiger charge is -2.43. The highest BCUT2D eigenvalue weighted by molar-refractivity contribution is 5.99.